The summed E-state index contributed by atoms with van der Waals surface area (Å²) in [4.78, 5) is 12.9. The van der Waals surface area contributed by atoms with Gasteiger partial charge in [-0.3, -0.25) is 4.79 Å². The third-order valence-electron chi connectivity index (χ3n) is 2.94. The Balaban J connectivity index is 2.29. The molecule has 0 saturated carbocycles. The number of aryl methyl sites for hydroxylation is 1. The zero-order valence-corrected chi connectivity index (χ0v) is 12.0. The van der Waals surface area contributed by atoms with Gasteiger partial charge in [-0.05, 0) is 47.9 Å². The van der Waals surface area contributed by atoms with E-state index in [0.717, 1.165) is 27.3 Å². The minimum atomic E-state index is -0.828. The van der Waals surface area contributed by atoms with Crippen molar-refractivity contribution in [1.29, 1.82) is 0 Å². The molecule has 4 heteroatoms. The molecule has 0 unspecified atom stereocenters. The van der Waals surface area contributed by atoms with E-state index in [1.807, 2.05) is 37.3 Å². The molecule has 0 aromatic heterocycles. The van der Waals surface area contributed by atoms with Gasteiger partial charge in [-0.25, -0.2) is 0 Å². The topological polar surface area (TPSA) is 57.5 Å². The fourth-order valence-electron chi connectivity index (χ4n) is 1.89. The lowest BCUT2D eigenvalue weighted by atomic mass is 10.1. The van der Waals surface area contributed by atoms with Crippen molar-refractivity contribution in [3.8, 4) is 5.75 Å². The van der Waals surface area contributed by atoms with Crippen LogP contribution in [0.25, 0.3) is 0 Å². The molecule has 0 bridgehead atoms. The first-order valence-electron chi connectivity index (χ1n) is 6.39. The smallest absolute Gasteiger partial charge is 0.307 e. The predicted molar refractivity (Wildman–Crippen MR) is 79.4 cm³/mol. The summed E-state index contributed by atoms with van der Waals surface area (Å²) in [6, 6.07) is 12.8. The summed E-state index contributed by atoms with van der Waals surface area (Å²) in [5, 5.41) is 18.3. The minimum Gasteiger partial charge on any atom is -0.508 e. The molecule has 104 valence electrons. The summed E-state index contributed by atoms with van der Waals surface area (Å²) < 4.78 is 0. The molecule has 0 aliphatic carbocycles. The van der Waals surface area contributed by atoms with Crippen LogP contribution in [0.1, 0.15) is 18.1 Å². The number of carboxylic acids is 1. The van der Waals surface area contributed by atoms with Crippen molar-refractivity contribution in [3.05, 3.63) is 53.6 Å². The van der Waals surface area contributed by atoms with Crippen LogP contribution in [0.5, 0.6) is 5.75 Å². The van der Waals surface area contributed by atoms with Crippen LogP contribution in [-0.2, 0) is 17.6 Å². The van der Waals surface area contributed by atoms with E-state index < -0.39 is 5.97 Å². The molecular formula is C16H16O3S. The zero-order valence-electron chi connectivity index (χ0n) is 11.2. The van der Waals surface area contributed by atoms with Gasteiger partial charge in [0.1, 0.15) is 5.75 Å². The number of hydrogen-bond donors (Lipinski definition) is 2. The van der Waals surface area contributed by atoms with Crippen molar-refractivity contribution >= 4 is 17.7 Å². The van der Waals surface area contributed by atoms with Gasteiger partial charge in [0.2, 0.25) is 0 Å². The molecule has 0 heterocycles. The van der Waals surface area contributed by atoms with Crippen molar-refractivity contribution in [3.63, 3.8) is 0 Å². The number of aliphatic carboxylic acids is 1. The van der Waals surface area contributed by atoms with E-state index in [1.54, 1.807) is 12.1 Å². The number of phenols is 1. The first-order valence-corrected chi connectivity index (χ1v) is 7.20. The minimum absolute atomic E-state index is 0.0221. The Hall–Kier alpha value is -1.94. The maximum absolute atomic E-state index is 11.0. The first-order chi connectivity index (χ1) is 9.58. The van der Waals surface area contributed by atoms with Crippen LogP contribution < -0.4 is 0 Å². The lowest BCUT2D eigenvalue weighted by Gasteiger charge is -2.09. The van der Waals surface area contributed by atoms with E-state index in [1.165, 1.54) is 11.8 Å². The largest absolute Gasteiger partial charge is 0.508 e. The third-order valence-corrected chi connectivity index (χ3v) is 4.07. The SMILES string of the molecule is CCc1ccc(Sc2ccc(O)cc2)c(CC(=O)O)c1. The Labute approximate surface area is 122 Å². The van der Waals surface area contributed by atoms with E-state index in [2.05, 4.69) is 0 Å². The van der Waals surface area contributed by atoms with Crippen molar-refractivity contribution in [2.45, 2.75) is 29.6 Å². The van der Waals surface area contributed by atoms with Gasteiger partial charge in [-0.2, -0.15) is 0 Å². The van der Waals surface area contributed by atoms with Gasteiger partial charge in [-0.15, -0.1) is 0 Å². The molecule has 0 saturated heterocycles. The van der Waals surface area contributed by atoms with Crippen LogP contribution in [0.15, 0.2) is 52.3 Å². The summed E-state index contributed by atoms with van der Waals surface area (Å²) in [5.41, 5.74) is 1.96. The number of aromatic hydroxyl groups is 1. The molecule has 2 aromatic rings. The summed E-state index contributed by atoms with van der Waals surface area (Å²) in [7, 11) is 0. The Bertz CT molecular complexity index is 606. The van der Waals surface area contributed by atoms with E-state index >= 15 is 0 Å². The molecule has 0 amide bonds. The number of carboxylic acid groups (broad SMARTS) is 1. The maximum atomic E-state index is 11.0. The second-order valence-corrected chi connectivity index (χ2v) is 5.58. The second kappa shape index (κ2) is 6.48. The Morgan fingerprint density at radius 3 is 2.45 bits per heavy atom. The van der Waals surface area contributed by atoms with Gasteiger partial charge in [0.05, 0.1) is 6.42 Å². The van der Waals surface area contributed by atoms with Crippen molar-refractivity contribution in [2.75, 3.05) is 0 Å². The standard InChI is InChI=1S/C16H16O3S/c1-2-11-3-8-15(12(9-11)10-16(18)19)20-14-6-4-13(17)5-7-14/h3-9,17H,2,10H2,1H3,(H,18,19). The van der Waals surface area contributed by atoms with Gasteiger partial charge in [0.15, 0.2) is 0 Å². The molecule has 0 aliphatic rings. The second-order valence-electron chi connectivity index (χ2n) is 4.46. The lowest BCUT2D eigenvalue weighted by molar-refractivity contribution is -0.136. The van der Waals surface area contributed by atoms with Crippen LogP contribution in [0, 0.1) is 0 Å². The maximum Gasteiger partial charge on any atom is 0.307 e. The number of phenolic OH excluding ortho intramolecular Hbond substituents is 1. The molecule has 2 rings (SSSR count). The normalized spacial score (nSPS) is 10.4. The highest BCUT2D eigenvalue weighted by Crippen LogP contribution is 2.32. The van der Waals surface area contributed by atoms with Crippen molar-refractivity contribution < 1.29 is 15.0 Å². The van der Waals surface area contributed by atoms with Gasteiger partial charge >= 0.3 is 5.97 Å². The Kier molecular flexibility index (Phi) is 4.69. The van der Waals surface area contributed by atoms with Crippen LogP contribution in [0.2, 0.25) is 0 Å². The lowest BCUT2D eigenvalue weighted by Crippen LogP contribution is -2.02. The van der Waals surface area contributed by atoms with E-state index in [-0.39, 0.29) is 12.2 Å². The Morgan fingerprint density at radius 2 is 1.85 bits per heavy atom. The summed E-state index contributed by atoms with van der Waals surface area (Å²) in [6.45, 7) is 2.05. The molecule has 2 aromatic carbocycles. The molecule has 0 spiro atoms. The van der Waals surface area contributed by atoms with Crippen LogP contribution in [0.3, 0.4) is 0 Å². The molecule has 0 atom stereocenters. The number of rotatable bonds is 5. The first kappa shape index (κ1) is 14.5. The fourth-order valence-corrected chi connectivity index (χ4v) is 2.82. The number of hydrogen-bond acceptors (Lipinski definition) is 3. The van der Waals surface area contributed by atoms with Crippen molar-refractivity contribution in [1.82, 2.24) is 0 Å². The molecule has 0 fully saturated rings. The van der Waals surface area contributed by atoms with Crippen molar-refractivity contribution in [2.24, 2.45) is 0 Å². The van der Waals surface area contributed by atoms with Gasteiger partial charge in [0, 0.05) is 9.79 Å². The summed E-state index contributed by atoms with van der Waals surface area (Å²) >= 11 is 1.51. The van der Waals surface area contributed by atoms with Gasteiger partial charge < -0.3 is 10.2 Å². The van der Waals surface area contributed by atoms with Gasteiger partial charge in [0.25, 0.3) is 0 Å². The van der Waals surface area contributed by atoms with Crippen LogP contribution in [-0.4, -0.2) is 16.2 Å². The summed E-state index contributed by atoms with van der Waals surface area (Å²) in [5.74, 6) is -0.604. The Morgan fingerprint density at radius 1 is 1.15 bits per heavy atom. The fraction of sp³-hybridized carbons (Fsp3) is 0.188. The molecule has 3 nitrogen and oxygen atoms in total. The highest BCUT2D eigenvalue weighted by atomic mass is 32.2. The molecule has 20 heavy (non-hydrogen) atoms. The quantitative estimate of drug-likeness (QED) is 0.880. The van der Waals surface area contributed by atoms with Crippen LogP contribution in [0.4, 0.5) is 0 Å². The molecule has 0 radical (unpaired) electrons. The zero-order chi connectivity index (χ0) is 14.5. The third kappa shape index (κ3) is 3.78. The number of carbonyl (C=O) groups is 1. The van der Waals surface area contributed by atoms with Gasteiger partial charge in [-0.1, -0.05) is 30.8 Å². The van der Waals surface area contributed by atoms with E-state index in [4.69, 9.17) is 5.11 Å². The van der Waals surface area contributed by atoms with E-state index in [0.29, 0.717) is 0 Å². The highest BCUT2D eigenvalue weighted by molar-refractivity contribution is 7.99. The average molecular weight is 288 g/mol. The average Bonchev–Trinajstić information content (AvgIpc) is 2.42. The molecule has 0 aliphatic heterocycles. The van der Waals surface area contributed by atoms with Crippen LogP contribution >= 0.6 is 11.8 Å². The monoisotopic (exact) mass is 288 g/mol. The van der Waals surface area contributed by atoms with E-state index in [9.17, 15) is 9.90 Å². The highest BCUT2D eigenvalue weighted by Gasteiger charge is 2.09. The molecule has 2 N–H and O–H groups in total. The predicted octanol–water partition coefficient (Wildman–Crippen LogP) is 3.73. The molecular weight excluding hydrogens is 272 g/mol. The number of benzene rings is 2. The summed E-state index contributed by atoms with van der Waals surface area (Å²) in [6.07, 6.45) is 0.908.